The lowest BCUT2D eigenvalue weighted by Crippen LogP contribution is -2.38. The summed E-state index contributed by atoms with van der Waals surface area (Å²) in [5, 5.41) is 10.3. The van der Waals surface area contributed by atoms with E-state index in [2.05, 4.69) is 45.3 Å². The summed E-state index contributed by atoms with van der Waals surface area (Å²) in [5.74, 6) is 0.283. The molecule has 1 aliphatic rings. The third-order valence-electron chi connectivity index (χ3n) is 3.41. The van der Waals surface area contributed by atoms with Crippen molar-refractivity contribution in [2.24, 2.45) is 0 Å². The maximum atomic E-state index is 12.4. The van der Waals surface area contributed by atoms with Crippen LogP contribution in [0.25, 0.3) is 0 Å². The highest BCUT2D eigenvalue weighted by Crippen LogP contribution is 2.26. The van der Waals surface area contributed by atoms with Crippen molar-refractivity contribution < 1.29 is 4.79 Å². The van der Waals surface area contributed by atoms with Gasteiger partial charge in [0.25, 0.3) is 5.91 Å². The molecule has 0 aliphatic carbocycles. The van der Waals surface area contributed by atoms with Crippen LogP contribution in [-0.4, -0.2) is 47.2 Å². The Balaban J connectivity index is 2.18. The quantitative estimate of drug-likeness (QED) is 0.893. The molecular formula is C12H19BrN4O. The number of hydrogen-bond donors (Lipinski definition) is 2. The standard InChI is InChI=1S/C12H19BrN4O/c1-7(2)10-9(13)11(16-15-10)12(18)17(3)8-4-5-14-6-8/h7-8,14H,4-6H2,1-3H3,(H,15,16)/t8-/m0/s1. The molecule has 1 aliphatic heterocycles. The molecule has 2 N–H and O–H groups in total. The van der Waals surface area contributed by atoms with Crippen LogP contribution >= 0.6 is 15.9 Å². The van der Waals surface area contributed by atoms with Gasteiger partial charge < -0.3 is 10.2 Å². The van der Waals surface area contributed by atoms with Crippen LogP contribution in [0.4, 0.5) is 0 Å². The molecule has 2 heterocycles. The molecule has 5 nitrogen and oxygen atoms in total. The van der Waals surface area contributed by atoms with Gasteiger partial charge in [-0.3, -0.25) is 9.89 Å². The van der Waals surface area contributed by atoms with E-state index in [4.69, 9.17) is 0 Å². The van der Waals surface area contributed by atoms with Gasteiger partial charge >= 0.3 is 0 Å². The van der Waals surface area contributed by atoms with Gasteiger partial charge in [0.2, 0.25) is 0 Å². The minimum Gasteiger partial charge on any atom is -0.336 e. The van der Waals surface area contributed by atoms with E-state index in [1.54, 1.807) is 4.90 Å². The summed E-state index contributed by atoms with van der Waals surface area (Å²) < 4.78 is 0.792. The van der Waals surface area contributed by atoms with E-state index in [9.17, 15) is 4.79 Å². The molecule has 0 saturated carbocycles. The number of hydrogen-bond acceptors (Lipinski definition) is 3. The Hall–Kier alpha value is -0.880. The van der Waals surface area contributed by atoms with Gasteiger partial charge in [-0.05, 0) is 34.8 Å². The van der Waals surface area contributed by atoms with Crippen LogP contribution in [0.2, 0.25) is 0 Å². The maximum Gasteiger partial charge on any atom is 0.275 e. The predicted molar refractivity (Wildman–Crippen MR) is 73.7 cm³/mol. The summed E-state index contributed by atoms with van der Waals surface area (Å²) in [7, 11) is 1.84. The summed E-state index contributed by atoms with van der Waals surface area (Å²) in [6.07, 6.45) is 1.00. The summed E-state index contributed by atoms with van der Waals surface area (Å²) in [5.41, 5.74) is 1.45. The zero-order valence-electron chi connectivity index (χ0n) is 11.0. The van der Waals surface area contributed by atoms with Gasteiger partial charge in [-0.1, -0.05) is 13.8 Å². The Bertz CT molecular complexity index is 437. The second-order valence-electron chi connectivity index (χ2n) is 5.02. The van der Waals surface area contributed by atoms with Crippen LogP contribution in [0.15, 0.2) is 4.47 Å². The van der Waals surface area contributed by atoms with E-state index in [0.717, 1.165) is 29.7 Å². The van der Waals surface area contributed by atoms with Crippen molar-refractivity contribution in [1.29, 1.82) is 0 Å². The van der Waals surface area contributed by atoms with E-state index in [-0.39, 0.29) is 11.9 Å². The van der Waals surface area contributed by atoms with Gasteiger partial charge in [0.15, 0.2) is 5.69 Å². The smallest absolute Gasteiger partial charge is 0.275 e. The zero-order valence-corrected chi connectivity index (χ0v) is 12.5. The van der Waals surface area contributed by atoms with Crippen molar-refractivity contribution in [2.75, 3.05) is 20.1 Å². The van der Waals surface area contributed by atoms with E-state index in [1.165, 1.54) is 0 Å². The fourth-order valence-corrected chi connectivity index (χ4v) is 2.97. The number of nitrogens with one attached hydrogen (secondary N) is 2. The van der Waals surface area contributed by atoms with Gasteiger partial charge in [0.1, 0.15) is 0 Å². The minimum atomic E-state index is -0.0290. The first-order chi connectivity index (χ1) is 8.52. The van der Waals surface area contributed by atoms with E-state index < -0.39 is 0 Å². The highest BCUT2D eigenvalue weighted by Gasteiger charge is 2.28. The molecule has 1 amide bonds. The fourth-order valence-electron chi connectivity index (χ4n) is 2.17. The summed E-state index contributed by atoms with van der Waals surface area (Å²) in [6.45, 7) is 5.97. The number of amides is 1. The number of nitrogens with zero attached hydrogens (tertiary/aromatic N) is 2. The third kappa shape index (κ3) is 2.44. The maximum absolute atomic E-state index is 12.4. The van der Waals surface area contributed by atoms with Crippen LogP contribution in [-0.2, 0) is 0 Å². The lowest BCUT2D eigenvalue weighted by molar-refractivity contribution is 0.0737. The Morgan fingerprint density at radius 2 is 2.28 bits per heavy atom. The number of aromatic amines is 1. The Kier molecular flexibility index (Phi) is 4.07. The van der Waals surface area contributed by atoms with Gasteiger partial charge in [0.05, 0.1) is 10.2 Å². The predicted octanol–water partition coefficient (Wildman–Crippen LogP) is 1.73. The summed E-state index contributed by atoms with van der Waals surface area (Å²) >= 11 is 3.47. The van der Waals surface area contributed by atoms with E-state index in [1.807, 2.05) is 7.05 Å². The summed E-state index contributed by atoms with van der Waals surface area (Å²) in [6, 6.07) is 0.267. The molecule has 18 heavy (non-hydrogen) atoms. The first-order valence-electron chi connectivity index (χ1n) is 6.24. The van der Waals surface area contributed by atoms with Crippen molar-refractivity contribution in [3.05, 3.63) is 15.9 Å². The van der Waals surface area contributed by atoms with Gasteiger partial charge in [-0.15, -0.1) is 0 Å². The highest BCUT2D eigenvalue weighted by atomic mass is 79.9. The molecule has 100 valence electrons. The Labute approximate surface area is 115 Å². The summed E-state index contributed by atoms with van der Waals surface area (Å²) in [4.78, 5) is 14.2. The minimum absolute atomic E-state index is 0.0290. The zero-order chi connectivity index (χ0) is 13.3. The van der Waals surface area contributed by atoms with Crippen LogP contribution < -0.4 is 5.32 Å². The van der Waals surface area contributed by atoms with Gasteiger partial charge in [0, 0.05) is 19.6 Å². The molecule has 0 spiro atoms. The molecule has 0 aromatic carbocycles. The Morgan fingerprint density at radius 1 is 1.56 bits per heavy atom. The fraction of sp³-hybridized carbons (Fsp3) is 0.667. The van der Waals surface area contributed by atoms with Gasteiger partial charge in [-0.2, -0.15) is 5.10 Å². The van der Waals surface area contributed by atoms with Crippen LogP contribution in [0.5, 0.6) is 0 Å². The van der Waals surface area contributed by atoms with Crippen LogP contribution in [0, 0.1) is 0 Å². The number of rotatable bonds is 3. The second kappa shape index (κ2) is 5.40. The van der Waals surface area contributed by atoms with E-state index in [0.29, 0.717) is 11.6 Å². The second-order valence-corrected chi connectivity index (χ2v) is 5.81. The normalized spacial score (nSPS) is 19.5. The molecule has 1 aromatic heterocycles. The van der Waals surface area contributed by atoms with Crippen LogP contribution in [0.1, 0.15) is 42.4 Å². The van der Waals surface area contributed by atoms with Crippen molar-refractivity contribution in [3.63, 3.8) is 0 Å². The molecule has 1 atom stereocenters. The molecular weight excluding hydrogens is 296 g/mol. The Morgan fingerprint density at radius 3 is 2.78 bits per heavy atom. The molecule has 0 unspecified atom stereocenters. The molecule has 6 heteroatoms. The lowest BCUT2D eigenvalue weighted by Gasteiger charge is -2.22. The van der Waals surface area contributed by atoms with Crippen LogP contribution in [0.3, 0.4) is 0 Å². The average Bonchev–Trinajstić information content (AvgIpc) is 2.95. The number of aromatic nitrogens is 2. The molecule has 1 fully saturated rings. The number of carbonyl (C=O) groups excluding carboxylic acids is 1. The topological polar surface area (TPSA) is 61.0 Å². The first-order valence-corrected chi connectivity index (χ1v) is 7.03. The molecule has 0 radical (unpaired) electrons. The molecule has 1 aromatic rings. The lowest BCUT2D eigenvalue weighted by atomic mass is 10.1. The molecule has 1 saturated heterocycles. The van der Waals surface area contributed by atoms with E-state index >= 15 is 0 Å². The van der Waals surface area contributed by atoms with Crippen molar-refractivity contribution in [3.8, 4) is 0 Å². The SMILES string of the molecule is CC(C)c1[nH]nc(C(=O)N(C)[C@H]2CCNC2)c1Br. The number of halogens is 1. The molecule has 0 bridgehead atoms. The monoisotopic (exact) mass is 314 g/mol. The van der Waals surface area contributed by atoms with Crippen molar-refractivity contribution in [2.45, 2.75) is 32.2 Å². The number of H-pyrrole nitrogens is 1. The number of likely N-dealkylation sites (N-methyl/N-ethyl adjacent to an activating group) is 1. The number of carbonyl (C=O) groups is 1. The third-order valence-corrected chi connectivity index (χ3v) is 4.22. The van der Waals surface area contributed by atoms with Crippen molar-refractivity contribution >= 4 is 21.8 Å². The highest BCUT2D eigenvalue weighted by molar-refractivity contribution is 9.10. The van der Waals surface area contributed by atoms with Crippen molar-refractivity contribution in [1.82, 2.24) is 20.4 Å². The average molecular weight is 315 g/mol. The molecule has 2 rings (SSSR count). The largest absolute Gasteiger partial charge is 0.336 e. The van der Waals surface area contributed by atoms with Gasteiger partial charge in [-0.25, -0.2) is 0 Å². The first kappa shape index (κ1) is 13.5.